The van der Waals surface area contributed by atoms with Crippen LogP contribution in [0.4, 0.5) is 4.39 Å². The normalized spacial score (nSPS) is 27.7. The van der Waals surface area contributed by atoms with Crippen LogP contribution in [-0.2, 0) is 32.2 Å². The first-order chi connectivity index (χ1) is 13.1. The number of ether oxygens (including phenoxy) is 4. The van der Waals surface area contributed by atoms with Crippen LogP contribution in [0.1, 0.15) is 18.1 Å². The van der Waals surface area contributed by atoms with Crippen LogP contribution in [0.25, 0.3) is 0 Å². The Morgan fingerprint density at radius 2 is 1.41 bits per heavy atom. The molecular formula is C22H27FO4. The molecule has 3 rings (SSSR count). The lowest BCUT2D eigenvalue weighted by atomic mass is 9.89. The number of hydrogen-bond acceptors (Lipinski definition) is 4. The molecule has 27 heavy (non-hydrogen) atoms. The first-order valence-corrected chi connectivity index (χ1v) is 9.21. The van der Waals surface area contributed by atoms with E-state index in [2.05, 4.69) is 0 Å². The van der Waals surface area contributed by atoms with Crippen LogP contribution in [-0.4, -0.2) is 38.4 Å². The van der Waals surface area contributed by atoms with Crippen LogP contribution in [0.2, 0.25) is 0 Å². The maximum absolute atomic E-state index is 15.3. The van der Waals surface area contributed by atoms with E-state index in [1.54, 1.807) is 0 Å². The maximum Gasteiger partial charge on any atom is 0.191 e. The fourth-order valence-corrected chi connectivity index (χ4v) is 3.38. The molecule has 2 aromatic carbocycles. The third-order valence-corrected chi connectivity index (χ3v) is 4.95. The van der Waals surface area contributed by atoms with Gasteiger partial charge in [-0.15, -0.1) is 0 Å². The number of methoxy groups -OCH3 is 1. The van der Waals surface area contributed by atoms with Crippen molar-refractivity contribution in [2.24, 2.45) is 5.92 Å². The van der Waals surface area contributed by atoms with Crippen LogP contribution >= 0.6 is 0 Å². The highest BCUT2D eigenvalue weighted by Gasteiger charge is 2.54. The van der Waals surface area contributed by atoms with Gasteiger partial charge >= 0.3 is 0 Å². The molecule has 0 spiro atoms. The van der Waals surface area contributed by atoms with Crippen molar-refractivity contribution in [3.8, 4) is 0 Å². The van der Waals surface area contributed by atoms with Crippen molar-refractivity contribution < 1.29 is 23.3 Å². The highest BCUT2D eigenvalue weighted by molar-refractivity contribution is 5.14. The topological polar surface area (TPSA) is 36.9 Å². The lowest BCUT2D eigenvalue weighted by Gasteiger charge is -2.26. The molecule has 1 fully saturated rings. The molecular weight excluding hydrogens is 347 g/mol. The summed E-state index contributed by atoms with van der Waals surface area (Å²) in [6, 6.07) is 19.7. The predicted octanol–water partition coefficient (Wildman–Crippen LogP) is 4.14. The monoisotopic (exact) mass is 374 g/mol. The highest BCUT2D eigenvalue weighted by atomic mass is 19.1. The van der Waals surface area contributed by atoms with E-state index in [0.29, 0.717) is 13.2 Å². The van der Waals surface area contributed by atoms with Crippen molar-refractivity contribution in [2.45, 2.75) is 38.2 Å². The first-order valence-electron chi connectivity index (χ1n) is 9.21. The summed E-state index contributed by atoms with van der Waals surface area (Å²) in [5.41, 5.74) is 0.475. The molecule has 2 aromatic rings. The zero-order chi connectivity index (χ0) is 19.1. The Kier molecular flexibility index (Phi) is 6.96. The van der Waals surface area contributed by atoms with E-state index in [-0.39, 0.29) is 13.2 Å². The molecule has 0 radical (unpaired) electrons. The summed E-state index contributed by atoms with van der Waals surface area (Å²) < 4.78 is 37.8. The molecule has 0 N–H and O–H groups in total. The van der Waals surface area contributed by atoms with Crippen LogP contribution in [0, 0.1) is 5.92 Å². The van der Waals surface area contributed by atoms with Gasteiger partial charge in [0.15, 0.2) is 12.0 Å². The second-order valence-corrected chi connectivity index (χ2v) is 7.00. The van der Waals surface area contributed by atoms with Gasteiger partial charge in [0.25, 0.3) is 0 Å². The van der Waals surface area contributed by atoms with Crippen LogP contribution in [0.3, 0.4) is 0 Å². The maximum atomic E-state index is 15.3. The highest BCUT2D eigenvalue weighted by Crippen LogP contribution is 2.40. The van der Waals surface area contributed by atoms with Crippen molar-refractivity contribution in [2.75, 3.05) is 20.3 Å². The molecule has 1 heterocycles. The third kappa shape index (κ3) is 5.14. The van der Waals surface area contributed by atoms with Crippen LogP contribution in [0.5, 0.6) is 0 Å². The molecule has 0 saturated carbocycles. The van der Waals surface area contributed by atoms with Crippen LogP contribution < -0.4 is 0 Å². The SMILES string of the molecule is CO[C@@H]1O[C@H](COCc2ccccc2)C(COCc2ccccc2)C1(C)F. The van der Waals surface area contributed by atoms with Crippen molar-refractivity contribution in [1.82, 2.24) is 0 Å². The lowest BCUT2D eigenvalue weighted by molar-refractivity contribution is -0.166. The van der Waals surface area contributed by atoms with Gasteiger partial charge in [0.1, 0.15) is 0 Å². The summed E-state index contributed by atoms with van der Waals surface area (Å²) in [7, 11) is 1.46. The molecule has 1 saturated heterocycles. The fraction of sp³-hybridized carbons (Fsp3) is 0.455. The average Bonchev–Trinajstić information content (AvgIpc) is 2.93. The van der Waals surface area contributed by atoms with E-state index in [9.17, 15) is 0 Å². The first kappa shape index (κ1) is 20.0. The molecule has 5 heteroatoms. The smallest absolute Gasteiger partial charge is 0.191 e. The van der Waals surface area contributed by atoms with Crippen molar-refractivity contribution in [1.29, 1.82) is 0 Å². The number of benzene rings is 2. The molecule has 0 amide bonds. The van der Waals surface area contributed by atoms with Gasteiger partial charge in [-0.2, -0.15) is 0 Å². The van der Waals surface area contributed by atoms with Crippen molar-refractivity contribution in [3.05, 3.63) is 71.8 Å². The minimum Gasteiger partial charge on any atom is -0.376 e. The third-order valence-electron chi connectivity index (χ3n) is 4.95. The van der Waals surface area contributed by atoms with Gasteiger partial charge in [-0.05, 0) is 18.1 Å². The van der Waals surface area contributed by atoms with Crippen molar-refractivity contribution in [3.63, 3.8) is 0 Å². The second-order valence-electron chi connectivity index (χ2n) is 7.00. The summed E-state index contributed by atoms with van der Waals surface area (Å²) in [6.45, 7) is 2.92. The Morgan fingerprint density at radius 3 is 1.93 bits per heavy atom. The molecule has 0 aliphatic carbocycles. The lowest BCUT2D eigenvalue weighted by Crippen LogP contribution is -2.41. The largest absolute Gasteiger partial charge is 0.376 e. The Hall–Kier alpha value is -1.79. The summed E-state index contributed by atoms with van der Waals surface area (Å²) >= 11 is 0. The van der Waals surface area contributed by atoms with E-state index in [0.717, 1.165) is 11.1 Å². The Labute approximate surface area is 160 Å². The standard InChI is InChI=1S/C22H27FO4/c1-22(23)19(15-25-13-17-9-5-3-6-10-17)20(27-21(22)24-2)16-26-14-18-11-7-4-8-12-18/h3-12,19-21H,13-16H2,1-2H3/t19?,20-,21-,22?/m1/s1. The number of halogens is 1. The van der Waals surface area contributed by atoms with E-state index >= 15 is 4.39 Å². The van der Waals surface area contributed by atoms with Gasteiger partial charge in [-0.1, -0.05) is 60.7 Å². The Morgan fingerprint density at radius 1 is 0.889 bits per heavy atom. The minimum atomic E-state index is -1.65. The number of rotatable bonds is 9. The van der Waals surface area contributed by atoms with E-state index in [1.165, 1.54) is 14.0 Å². The van der Waals surface area contributed by atoms with Crippen LogP contribution in [0.15, 0.2) is 60.7 Å². The fourth-order valence-electron chi connectivity index (χ4n) is 3.38. The zero-order valence-corrected chi connectivity index (χ0v) is 15.8. The van der Waals surface area contributed by atoms with Gasteiger partial charge in [-0.25, -0.2) is 4.39 Å². The number of hydrogen-bond donors (Lipinski definition) is 0. The van der Waals surface area contributed by atoms with Gasteiger partial charge < -0.3 is 18.9 Å². The minimum absolute atomic E-state index is 0.237. The average molecular weight is 374 g/mol. The van der Waals surface area contributed by atoms with E-state index in [4.69, 9.17) is 18.9 Å². The quantitative estimate of drug-likeness (QED) is 0.661. The van der Waals surface area contributed by atoms with E-state index < -0.39 is 24.0 Å². The number of alkyl halides is 1. The Balaban J connectivity index is 1.56. The van der Waals surface area contributed by atoms with Gasteiger partial charge in [0.05, 0.1) is 32.5 Å². The van der Waals surface area contributed by atoms with Crippen molar-refractivity contribution >= 4 is 0 Å². The summed E-state index contributed by atoms with van der Waals surface area (Å²) in [5.74, 6) is -0.470. The molecule has 1 aliphatic rings. The summed E-state index contributed by atoms with van der Waals surface area (Å²) in [4.78, 5) is 0. The molecule has 4 atom stereocenters. The van der Waals surface area contributed by atoms with Gasteiger partial charge in [-0.3, -0.25) is 0 Å². The molecule has 0 aromatic heterocycles. The summed E-state index contributed by atoms with van der Waals surface area (Å²) in [6.07, 6.45) is -1.35. The van der Waals surface area contributed by atoms with Gasteiger partial charge in [0.2, 0.25) is 0 Å². The molecule has 0 bridgehead atoms. The molecule has 146 valence electrons. The predicted molar refractivity (Wildman–Crippen MR) is 101 cm³/mol. The zero-order valence-electron chi connectivity index (χ0n) is 15.8. The van der Waals surface area contributed by atoms with E-state index in [1.807, 2.05) is 60.7 Å². The Bertz CT molecular complexity index is 677. The van der Waals surface area contributed by atoms with Gasteiger partial charge in [0, 0.05) is 13.0 Å². The second kappa shape index (κ2) is 9.42. The molecule has 4 nitrogen and oxygen atoms in total. The summed E-state index contributed by atoms with van der Waals surface area (Å²) in [5, 5.41) is 0. The molecule has 2 unspecified atom stereocenters. The molecule has 1 aliphatic heterocycles.